The SMILES string of the molecule is Cc1cc(C)c(-n2c[n+]3c(n2)COCC3C(C)C)c(C)c1. The molecule has 1 aromatic carbocycles. The van der Waals surface area contributed by atoms with Gasteiger partial charge < -0.3 is 4.74 Å². The van der Waals surface area contributed by atoms with Gasteiger partial charge in [-0.1, -0.05) is 36.2 Å². The molecule has 21 heavy (non-hydrogen) atoms. The Kier molecular flexibility index (Phi) is 3.57. The fourth-order valence-corrected chi connectivity index (χ4v) is 3.27. The molecule has 0 saturated carbocycles. The lowest BCUT2D eigenvalue weighted by molar-refractivity contribution is -0.749. The van der Waals surface area contributed by atoms with Crippen LogP contribution in [0.4, 0.5) is 0 Å². The first-order valence-electron chi connectivity index (χ1n) is 7.63. The fraction of sp³-hybridized carbons (Fsp3) is 0.529. The van der Waals surface area contributed by atoms with Gasteiger partial charge in [0.1, 0.15) is 18.3 Å². The molecule has 2 heterocycles. The molecule has 1 aliphatic heterocycles. The van der Waals surface area contributed by atoms with Crippen molar-refractivity contribution in [1.82, 2.24) is 9.78 Å². The van der Waals surface area contributed by atoms with Crippen LogP contribution in [0.5, 0.6) is 0 Å². The van der Waals surface area contributed by atoms with E-state index in [1.54, 1.807) is 0 Å². The van der Waals surface area contributed by atoms with E-state index in [4.69, 9.17) is 9.84 Å². The average molecular weight is 286 g/mol. The van der Waals surface area contributed by atoms with E-state index in [2.05, 4.69) is 57.6 Å². The van der Waals surface area contributed by atoms with E-state index in [9.17, 15) is 0 Å². The molecule has 2 aromatic rings. The minimum atomic E-state index is 0.369. The van der Waals surface area contributed by atoms with Crippen LogP contribution in [0, 0.1) is 26.7 Å². The summed E-state index contributed by atoms with van der Waals surface area (Å²) in [6.45, 7) is 12.3. The van der Waals surface area contributed by atoms with Crippen LogP contribution in [-0.4, -0.2) is 16.4 Å². The van der Waals surface area contributed by atoms with Crippen molar-refractivity contribution >= 4 is 0 Å². The van der Waals surface area contributed by atoms with Crippen LogP contribution in [0.1, 0.15) is 42.4 Å². The summed E-state index contributed by atoms with van der Waals surface area (Å²) in [4.78, 5) is 0. The Morgan fingerprint density at radius 1 is 1.24 bits per heavy atom. The van der Waals surface area contributed by atoms with E-state index in [-0.39, 0.29) is 0 Å². The van der Waals surface area contributed by atoms with Gasteiger partial charge in [-0.25, -0.2) is 4.57 Å². The summed E-state index contributed by atoms with van der Waals surface area (Å²) in [6, 6.07) is 4.79. The zero-order valence-corrected chi connectivity index (χ0v) is 13.6. The summed E-state index contributed by atoms with van der Waals surface area (Å²) in [5.41, 5.74) is 5.00. The summed E-state index contributed by atoms with van der Waals surface area (Å²) < 4.78 is 10.0. The Bertz CT molecular complexity index is 650. The van der Waals surface area contributed by atoms with Crippen molar-refractivity contribution < 1.29 is 9.30 Å². The number of aryl methyl sites for hydroxylation is 3. The number of hydrogen-bond donors (Lipinski definition) is 0. The Morgan fingerprint density at radius 2 is 1.90 bits per heavy atom. The number of rotatable bonds is 2. The smallest absolute Gasteiger partial charge is 0.304 e. The predicted octanol–water partition coefficient (Wildman–Crippen LogP) is 2.81. The topological polar surface area (TPSA) is 30.9 Å². The number of benzene rings is 1. The molecule has 4 heteroatoms. The van der Waals surface area contributed by atoms with E-state index in [1.807, 2.05) is 4.68 Å². The van der Waals surface area contributed by atoms with Gasteiger partial charge in [-0.15, -0.1) is 0 Å². The second kappa shape index (κ2) is 5.26. The third-order valence-corrected chi connectivity index (χ3v) is 4.27. The maximum atomic E-state index is 5.70. The highest BCUT2D eigenvalue weighted by Crippen LogP contribution is 2.22. The van der Waals surface area contributed by atoms with E-state index < -0.39 is 0 Å². The van der Waals surface area contributed by atoms with Crippen LogP contribution in [0.3, 0.4) is 0 Å². The highest BCUT2D eigenvalue weighted by Gasteiger charge is 2.32. The van der Waals surface area contributed by atoms with Crippen LogP contribution in [0.2, 0.25) is 0 Å². The van der Waals surface area contributed by atoms with Gasteiger partial charge in [-0.3, -0.25) is 0 Å². The lowest BCUT2D eigenvalue weighted by Crippen LogP contribution is -2.49. The highest BCUT2D eigenvalue weighted by atomic mass is 16.5. The van der Waals surface area contributed by atoms with Crippen LogP contribution in [0.25, 0.3) is 5.69 Å². The molecule has 1 atom stereocenters. The molecule has 1 aliphatic rings. The Labute approximate surface area is 126 Å². The van der Waals surface area contributed by atoms with E-state index >= 15 is 0 Å². The summed E-state index contributed by atoms with van der Waals surface area (Å²) in [5, 5.41) is 4.76. The van der Waals surface area contributed by atoms with Gasteiger partial charge >= 0.3 is 5.82 Å². The molecule has 112 valence electrons. The minimum Gasteiger partial charge on any atom is -0.367 e. The second-order valence-corrected chi connectivity index (χ2v) is 6.46. The summed E-state index contributed by atoms with van der Waals surface area (Å²) in [7, 11) is 0. The van der Waals surface area contributed by atoms with Gasteiger partial charge in [0.2, 0.25) is 6.33 Å². The molecular formula is C17H24N3O+. The number of aromatic nitrogens is 3. The maximum Gasteiger partial charge on any atom is 0.304 e. The van der Waals surface area contributed by atoms with E-state index in [1.165, 1.54) is 22.4 Å². The fourth-order valence-electron chi connectivity index (χ4n) is 3.27. The van der Waals surface area contributed by atoms with Crippen LogP contribution in [0.15, 0.2) is 18.5 Å². The second-order valence-electron chi connectivity index (χ2n) is 6.46. The molecular weight excluding hydrogens is 262 g/mol. The molecule has 0 fully saturated rings. The summed E-state index contributed by atoms with van der Waals surface area (Å²) >= 11 is 0. The first kappa shape index (κ1) is 14.3. The molecule has 4 nitrogen and oxygen atoms in total. The zero-order chi connectivity index (χ0) is 15.1. The third-order valence-electron chi connectivity index (χ3n) is 4.27. The first-order chi connectivity index (χ1) is 9.97. The van der Waals surface area contributed by atoms with E-state index in [0.717, 1.165) is 12.4 Å². The first-order valence-corrected chi connectivity index (χ1v) is 7.63. The largest absolute Gasteiger partial charge is 0.367 e. The maximum absolute atomic E-state index is 5.70. The molecule has 0 N–H and O–H groups in total. The molecule has 0 spiro atoms. The van der Waals surface area contributed by atoms with Crippen molar-refractivity contribution in [3.63, 3.8) is 0 Å². The summed E-state index contributed by atoms with van der Waals surface area (Å²) in [6.07, 6.45) is 2.13. The quantitative estimate of drug-likeness (QED) is 0.795. The normalized spacial score (nSPS) is 18.1. The number of ether oxygens (including phenoxy) is 1. The molecule has 3 rings (SSSR count). The van der Waals surface area contributed by atoms with Crippen LogP contribution >= 0.6 is 0 Å². The van der Waals surface area contributed by atoms with Crippen molar-refractivity contribution in [2.45, 2.75) is 47.3 Å². The molecule has 0 aliphatic carbocycles. The Morgan fingerprint density at radius 3 is 2.52 bits per heavy atom. The summed E-state index contributed by atoms with van der Waals surface area (Å²) in [5.74, 6) is 1.55. The lowest BCUT2D eigenvalue weighted by Gasteiger charge is -2.22. The predicted molar refractivity (Wildman–Crippen MR) is 81.5 cm³/mol. The standard InChI is InChI=1S/C17H24N3O/c1-11(2)15-8-21-9-16-18-20(10-19(15)16)17-13(4)6-12(3)7-14(17)5/h6-7,10-11,15H,8-9H2,1-5H3/q+1. The average Bonchev–Trinajstić information content (AvgIpc) is 2.79. The van der Waals surface area contributed by atoms with Gasteiger partial charge in [-0.05, 0) is 37.8 Å². The van der Waals surface area contributed by atoms with Gasteiger partial charge in [0, 0.05) is 5.10 Å². The molecule has 0 saturated heterocycles. The molecule has 1 unspecified atom stereocenters. The number of nitrogens with zero attached hydrogens (tertiary/aromatic N) is 3. The van der Waals surface area contributed by atoms with Crippen LogP contribution < -0.4 is 4.57 Å². The van der Waals surface area contributed by atoms with Crippen molar-refractivity contribution in [3.05, 3.63) is 41.0 Å². The van der Waals surface area contributed by atoms with Crippen molar-refractivity contribution in [2.75, 3.05) is 6.61 Å². The van der Waals surface area contributed by atoms with Crippen molar-refractivity contribution in [1.29, 1.82) is 0 Å². The zero-order valence-electron chi connectivity index (χ0n) is 13.6. The van der Waals surface area contributed by atoms with Gasteiger partial charge in [0.15, 0.2) is 0 Å². The van der Waals surface area contributed by atoms with Crippen molar-refractivity contribution in [3.8, 4) is 5.69 Å². The van der Waals surface area contributed by atoms with Gasteiger partial charge in [-0.2, -0.15) is 0 Å². The number of fused-ring (bicyclic) bond motifs is 1. The van der Waals surface area contributed by atoms with Gasteiger partial charge in [0.25, 0.3) is 0 Å². The Balaban J connectivity index is 2.10. The molecule has 0 radical (unpaired) electrons. The Hall–Kier alpha value is -1.68. The minimum absolute atomic E-state index is 0.369. The molecule has 1 aromatic heterocycles. The monoisotopic (exact) mass is 286 g/mol. The van der Waals surface area contributed by atoms with Crippen LogP contribution in [-0.2, 0) is 11.3 Å². The number of hydrogen-bond acceptors (Lipinski definition) is 2. The molecule has 0 bridgehead atoms. The lowest BCUT2D eigenvalue weighted by atomic mass is 10.0. The van der Waals surface area contributed by atoms with Gasteiger partial charge in [0.05, 0.1) is 6.61 Å². The van der Waals surface area contributed by atoms with Crippen molar-refractivity contribution in [2.24, 2.45) is 5.92 Å². The highest BCUT2D eigenvalue weighted by molar-refractivity contribution is 5.48. The third kappa shape index (κ3) is 2.48. The van der Waals surface area contributed by atoms with E-state index in [0.29, 0.717) is 18.6 Å². The molecule has 0 amide bonds.